The van der Waals surface area contributed by atoms with Gasteiger partial charge in [0.1, 0.15) is 6.10 Å². The lowest BCUT2D eigenvalue weighted by Crippen LogP contribution is -2.58. The molecule has 156 valence electrons. The summed E-state index contributed by atoms with van der Waals surface area (Å²) >= 11 is 12.0. The molecule has 8 heteroatoms. The number of carbonyl (C=O) groups is 2. The van der Waals surface area contributed by atoms with Crippen LogP contribution in [0.25, 0.3) is 0 Å². The van der Waals surface area contributed by atoms with Crippen molar-refractivity contribution in [2.24, 2.45) is 5.41 Å². The summed E-state index contributed by atoms with van der Waals surface area (Å²) in [5.41, 5.74) is -0.215. The maximum Gasteiger partial charge on any atom is 0.311 e. The van der Waals surface area contributed by atoms with E-state index in [9.17, 15) is 9.59 Å². The molecule has 1 aromatic carbocycles. The summed E-state index contributed by atoms with van der Waals surface area (Å²) in [7, 11) is 1.65. The Morgan fingerprint density at radius 3 is 2.57 bits per heavy atom. The molecule has 1 heterocycles. The third kappa shape index (κ3) is 6.34. The van der Waals surface area contributed by atoms with E-state index in [4.69, 9.17) is 32.7 Å². The second-order valence-corrected chi connectivity index (χ2v) is 8.84. The van der Waals surface area contributed by atoms with Crippen LogP contribution in [0.3, 0.4) is 0 Å². The Bertz CT molecular complexity index is 706. The zero-order valence-electron chi connectivity index (χ0n) is 16.7. The molecule has 0 aliphatic carbocycles. The van der Waals surface area contributed by atoms with Gasteiger partial charge in [0.15, 0.2) is 0 Å². The lowest BCUT2D eigenvalue weighted by atomic mass is 9.93. The molecule has 1 aromatic rings. The predicted octanol–water partition coefficient (Wildman–Crippen LogP) is 3.45. The summed E-state index contributed by atoms with van der Waals surface area (Å²) in [6.45, 7) is 6.48. The lowest BCUT2D eigenvalue weighted by molar-refractivity contribution is -0.161. The molecule has 1 aliphatic rings. The van der Waals surface area contributed by atoms with Crippen LogP contribution in [0.2, 0.25) is 10.0 Å². The Balaban J connectivity index is 2.12. The second-order valence-electron chi connectivity index (χ2n) is 8.02. The average molecular weight is 431 g/mol. The fourth-order valence-electron chi connectivity index (χ4n) is 2.93. The maximum atomic E-state index is 12.7. The van der Waals surface area contributed by atoms with Crippen molar-refractivity contribution >= 4 is 35.1 Å². The fraction of sp³-hybridized carbons (Fsp3) is 0.600. The van der Waals surface area contributed by atoms with Crippen LogP contribution in [-0.4, -0.2) is 50.3 Å². The van der Waals surface area contributed by atoms with E-state index >= 15 is 0 Å². The molecule has 0 bridgehead atoms. The number of methoxy groups -OCH3 is 1. The van der Waals surface area contributed by atoms with Gasteiger partial charge >= 0.3 is 5.97 Å². The van der Waals surface area contributed by atoms with Crippen LogP contribution in [0, 0.1) is 5.41 Å². The Hall–Kier alpha value is -1.34. The molecule has 3 atom stereocenters. The van der Waals surface area contributed by atoms with E-state index in [-0.39, 0.29) is 24.0 Å². The predicted molar refractivity (Wildman–Crippen MR) is 110 cm³/mol. The first-order chi connectivity index (χ1) is 13.1. The molecule has 1 saturated heterocycles. The minimum atomic E-state index is -0.620. The van der Waals surface area contributed by atoms with Gasteiger partial charge in [-0.05, 0) is 51.8 Å². The van der Waals surface area contributed by atoms with Crippen molar-refractivity contribution < 1.29 is 19.1 Å². The molecular formula is C20H28Cl2N2O4. The highest BCUT2D eigenvalue weighted by atomic mass is 35.5. The Morgan fingerprint density at radius 1 is 1.25 bits per heavy atom. The van der Waals surface area contributed by atoms with E-state index in [2.05, 4.69) is 10.6 Å². The Kier molecular flexibility index (Phi) is 8.13. The average Bonchev–Trinajstić information content (AvgIpc) is 2.63. The first kappa shape index (κ1) is 22.9. The van der Waals surface area contributed by atoms with Gasteiger partial charge in [0.25, 0.3) is 5.91 Å². The van der Waals surface area contributed by atoms with Gasteiger partial charge in [-0.2, -0.15) is 0 Å². The molecule has 1 amide bonds. The normalized spacial score (nSPS) is 22.6. The standard InChI is InChI=1S/C20H28Cl2N2O4/c1-20(2,3)19(26)28-17-11-23-13(7-8-27-4)10-16(17)24-18(25)12-5-6-14(21)15(22)9-12/h5-6,9,13,16-17,23H,7-8,10-11H2,1-4H3,(H,24,25)/t13?,16-,17-/m0/s1. The van der Waals surface area contributed by atoms with E-state index in [0.717, 1.165) is 6.42 Å². The molecule has 1 aliphatic heterocycles. The Labute approximate surface area is 176 Å². The highest BCUT2D eigenvalue weighted by Gasteiger charge is 2.36. The monoisotopic (exact) mass is 430 g/mol. The number of hydrogen-bond donors (Lipinski definition) is 2. The summed E-state index contributed by atoms with van der Waals surface area (Å²) in [5.74, 6) is -0.587. The van der Waals surface area contributed by atoms with Gasteiger partial charge < -0.3 is 20.1 Å². The smallest absolute Gasteiger partial charge is 0.311 e. The molecule has 0 spiro atoms. The van der Waals surface area contributed by atoms with Crippen molar-refractivity contribution in [3.8, 4) is 0 Å². The first-order valence-electron chi connectivity index (χ1n) is 9.31. The largest absolute Gasteiger partial charge is 0.458 e. The summed E-state index contributed by atoms with van der Waals surface area (Å²) in [4.78, 5) is 25.1. The number of rotatable bonds is 6. The number of hydrogen-bond acceptors (Lipinski definition) is 5. The van der Waals surface area contributed by atoms with Crippen LogP contribution in [0.15, 0.2) is 18.2 Å². The van der Waals surface area contributed by atoms with Gasteiger partial charge in [0.2, 0.25) is 0 Å². The van der Waals surface area contributed by atoms with Crippen LogP contribution in [-0.2, 0) is 14.3 Å². The van der Waals surface area contributed by atoms with Crippen molar-refractivity contribution in [3.05, 3.63) is 33.8 Å². The highest BCUT2D eigenvalue weighted by Crippen LogP contribution is 2.24. The van der Waals surface area contributed by atoms with Gasteiger partial charge in [-0.15, -0.1) is 0 Å². The minimum absolute atomic E-state index is 0.156. The lowest BCUT2D eigenvalue weighted by Gasteiger charge is -2.38. The van der Waals surface area contributed by atoms with Crippen LogP contribution in [0.4, 0.5) is 0 Å². The Morgan fingerprint density at radius 2 is 1.96 bits per heavy atom. The van der Waals surface area contributed by atoms with E-state index in [0.29, 0.717) is 35.2 Å². The zero-order chi connectivity index (χ0) is 20.9. The van der Waals surface area contributed by atoms with Crippen LogP contribution in [0.5, 0.6) is 0 Å². The van der Waals surface area contributed by atoms with Gasteiger partial charge in [-0.1, -0.05) is 23.2 Å². The van der Waals surface area contributed by atoms with Gasteiger partial charge in [-0.3, -0.25) is 9.59 Å². The quantitative estimate of drug-likeness (QED) is 0.675. The molecule has 6 nitrogen and oxygen atoms in total. The van der Waals surface area contributed by atoms with Crippen LogP contribution < -0.4 is 10.6 Å². The number of halogens is 2. The van der Waals surface area contributed by atoms with Crippen molar-refractivity contribution in [2.75, 3.05) is 20.3 Å². The molecule has 2 rings (SSSR count). The molecule has 28 heavy (non-hydrogen) atoms. The first-order valence-corrected chi connectivity index (χ1v) is 10.1. The molecule has 1 fully saturated rings. The van der Waals surface area contributed by atoms with Crippen molar-refractivity contribution in [3.63, 3.8) is 0 Å². The van der Waals surface area contributed by atoms with Crippen LogP contribution >= 0.6 is 23.2 Å². The zero-order valence-corrected chi connectivity index (χ0v) is 18.2. The third-order valence-electron chi connectivity index (χ3n) is 4.63. The number of ether oxygens (including phenoxy) is 2. The molecule has 0 aromatic heterocycles. The van der Waals surface area contributed by atoms with Crippen LogP contribution in [0.1, 0.15) is 44.0 Å². The number of nitrogens with one attached hydrogen (secondary N) is 2. The van der Waals surface area contributed by atoms with Gasteiger partial charge in [0, 0.05) is 31.9 Å². The van der Waals surface area contributed by atoms with Gasteiger partial charge in [-0.25, -0.2) is 0 Å². The highest BCUT2D eigenvalue weighted by molar-refractivity contribution is 6.42. The SMILES string of the molecule is COCCC1C[C@H](NC(=O)c2ccc(Cl)c(Cl)c2)[C@@H](OC(=O)C(C)(C)C)CN1. The number of carbonyl (C=O) groups excluding carboxylic acids is 2. The van der Waals surface area contributed by atoms with E-state index < -0.39 is 11.5 Å². The second kappa shape index (κ2) is 9.92. The van der Waals surface area contributed by atoms with E-state index in [1.807, 2.05) is 0 Å². The fourth-order valence-corrected chi connectivity index (χ4v) is 3.22. The topological polar surface area (TPSA) is 76.7 Å². The summed E-state index contributed by atoms with van der Waals surface area (Å²) in [6.07, 6.45) is 0.964. The van der Waals surface area contributed by atoms with Crippen molar-refractivity contribution in [1.29, 1.82) is 0 Å². The summed E-state index contributed by atoms with van der Waals surface area (Å²) < 4.78 is 10.9. The van der Waals surface area contributed by atoms with Crippen molar-refractivity contribution in [1.82, 2.24) is 10.6 Å². The molecule has 2 N–H and O–H groups in total. The summed E-state index contributed by atoms with van der Waals surface area (Å²) in [5, 5.41) is 7.07. The van der Waals surface area contributed by atoms with E-state index in [1.54, 1.807) is 40.0 Å². The number of benzene rings is 1. The number of piperidine rings is 1. The number of amides is 1. The summed E-state index contributed by atoms with van der Waals surface area (Å²) in [6, 6.07) is 4.56. The van der Waals surface area contributed by atoms with Crippen molar-refractivity contribution in [2.45, 2.75) is 51.8 Å². The van der Waals surface area contributed by atoms with E-state index in [1.165, 1.54) is 6.07 Å². The molecule has 1 unspecified atom stereocenters. The molecule has 0 saturated carbocycles. The van der Waals surface area contributed by atoms with Gasteiger partial charge in [0.05, 0.1) is 21.5 Å². The third-order valence-corrected chi connectivity index (χ3v) is 5.37. The molecular weight excluding hydrogens is 403 g/mol. The molecule has 0 radical (unpaired) electrons. The minimum Gasteiger partial charge on any atom is -0.458 e. The maximum absolute atomic E-state index is 12.7. The number of esters is 1.